The summed E-state index contributed by atoms with van der Waals surface area (Å²) in [4.78, 5) is 62.7. The highest BCUT2D eigenvalue weighted by Crippen LogP contribution is 2.46. The minimum Gasteiger partial charge on any atom is -0.368 e. The maximum absolute atomic E-state index is 13.8. The predicted octanol–water partition coefficient (Wildman–Crippen LogP) is 3.75. The maximum Gasteiger partial charge on any atom is 0.252 e. The molecule has 1 fully saturated rings. The number of nitrogens with one attached hydrogen (secondary N) is 3. The van der Waals surface area contributed by atoms with Crippen LogP contribution < -0.4 is 21.7 Å². The first-order valence-electron chi connectivity index (χ1n) is 15.0. The SMILES string of the molecule is NC(=O)[C@H](CC=Cc1ccccc1)NC(=O)C(CC1CC1)NC(=O)CP(=O)(O)C(Cc1ccccc1)NC(=O)c1cccc(F)c1. The third-order valence-electron chi connectivity index (χ3n) is 7.57. The molecule has 12 heteroatoms. The zero-order valence-corrected chi connectivity index (χ0v) is 26.1. The topological polar surface area (TPSA) is 168 Å². The predicted molar refractivity (Wildman–Crippen MR) is 173 cm³/mol. The van der Waals surface area contributed by atoms with E-state index in [1.54, 1.807) is 42.5 Å². The Bertz CT molecular complexity index is 1600. The van der Waals surface area contributed by atoms with Crippen LogP contribution in [-0.4, -0.2) is 52.6 Å². The molecule has 0 radical (unpaired) electrons. The number of carbonyl (C=O) groups is 4. The smallest absolute Gasteiger partial charge is 0.252 e. The van der Waals surface area contributed by atoms with Gasteiger partial charge in [-0.3, -0.25) is 23.7 Å². The van der Waals surface area contributed by atoms with E-state index < -0.39 is 60.8 Å². The van der Waals surface area contributed by atoms with Gasteiger partial charge in [0.15, 0.2) is 0 Å². The average Bonchev–Trinajstić information content (AvgIpc) is 3.84. The summed E-state index contributed by atoms with van der Waals surface area (Å²) in [5.74, 6) is -4.89. The summed E-state index contributed by atoms with van der Waals surface area (Å²) in [5, 5.41) is 7.68. The Morgan fingerprint density at radius 2 is 1.59 bits per heavy atom. The van der Waals surface area contributed by atoms with Crippen molar-refractivity contribution in [3.05, 3.63) is 114 Å². The Hall–Kier alpha value is -4.60. The highest BCUT2D eigenvalue weighted by atomic mass is 31.2. The molecule has 4 rings (SSSR count). The van der Waals surface area contributed by atoms with Gasteiger partial charge in [-0.05, 0) is 48.1 Å². The Balaban J connectivity index is 1.44. The molecular weight excluding hydrogens is 610 g/mol. The van der Waals surface area contributed by atoms with Crippen LogP contribution in [0.15, 0.2) is 91.0 Å². The summed E-state index contributed by atoms with van der Waals surface area (Å²) in [7, 11) is -4.46. The Morgan fingerprint density at radius 1 is 0.913 bits per heavy atom. The van der Waals surface area contributed by atoms with E-state index in [4.69, 9.17) is 5.73 Å². The van der Waals surface area contributed by atoms with Crippen LogP contribution in [0.25, 0.3) is 6.08 Å². The zero-order valence-electron chi connectivity index (χ0n) is 25.2. The molecule has 3 unspecified atom stereocenters. The molecule has 46 heavy (non-hydrogen) atoms. The molecule has 4 atom stereocenters. The third kappa shape index (κ3) is 10.8. The van der Waals surface area contributed by atoms with Crippen LogP contribution in [-0.2, 0) is 25.4 Å². The lowest BCUT2D eigenvalue weighted by molar-refractivity contribution is -0.131. The Labute approximate surface area is 267 Å². The molecule has 0 saturated heterocycles. The number of hydrogen-bond acceptors (Lipinski definition) is 5. The molecule has 1 aliphatic rings. The van der Waals surface area contributed by atoms with Crippen molar-refractivity contribution in [2.45, 2.75) is 50.0 Å². The molecule has 0 spiro atoms. The number of benzene rings is 3. The molecule has 242 valence electrons. The number of nitrogens with two attached hydrogens (primary N) is 1. The highest BCUT2D eigenvalue weighted by Gasteiger charge is 2.37. The second-order valence-corrected chi connectivity index (χ2v) is 13.9. The monoisotopic (exact) mass is 648 g/mol. The lowest BCUT2D eigenvalue weighted by atomic mass is 10.1. The number of rotatable bonds is 16. The van der Waals surface area contributed by atoms with E-state index in [1.807, 2.05) is 30.3 Å². The van der Waals surface area contributed by atoms with Gasteiger partial charge in [-0.25, -0.2) is 4.39 Å². The normalized spacial score (nSPS) is 16.0. The summed E-state index contributed by atoms with van der Waals surface area (Å²) in [6.45, 7) is 0. The zero-order chi connectivity index (χ0) is 33.1. The molecule has 0 aliphatic heterocycles. The van der Waals surface area contributed by atoms with E-state index >= 15 is 0 Å². The highest BCUT2D eigenvalue weighted by molar-refractivity contribution is 7.59. The average molecular weight is 649 g/mol. The number of hydrogen-bond donors (Lipinski definition) is 5. The Kier molecular flexibility index (Phi) is 12.0. The summed E-state index contributed by atoms with van der Waals surface area (Å²) >= 11 is 0. The molecule has 6 N–H and O–H groups in total. The van der Waals surface area contributed by atoms with Crippen molar-refractivity contribution in [3.63, 3.8) is 0 Å². The second-order valence-electron chi connectivity index (χ2n) is 11.4. The van der Waals surface area contributed by atoms with Crippen LogP contribution in [0.2, 0.25) is 0 Å². The van der Waals surface area contributed by atoms with Gasteiger partial charge in [-0.15, -0.1) is 0 Å². The van der Waals surface area contributed by atoms with Gasteiger partial charge < -0.3 is 26.6 Å². The van der Waals surface area contributed by atoms with Crippen LogP contribution in [0.3, 0.4) is 0 Å². The number of halogens is 1. The quantitative estimate of drug-likeness (QED) is 0.148. The summed E-state index contributed by atoms with van der Waals surface area (Å²) in [5.41, 5.74) is 7.04. The fourth-order valence-corrected chi connectivity index (χ4v) is 6.43. The van der Waals surface area contributed by atoms with Gasteiger partial charge in [0, 0.05) is 12.0 Å². The summed E-state index contributed by atoms with van der Waals surface area (Å²) < 4.78 is 27.4. The van der Waals surface area contributed by atoms with Gasteiger partial charge in [0.25, 0.3) is 5.91 Å². The van der Waals surface area contributed by atoms with Crippen molar-refractivity contribution in [3.8, 4) is 0 Å². The third-order valence-corrected chi connectivity index (χ3v) is 9.60. The number of amides is 4. The van der Waals surface area contributed by atoms with Crippen LogP contribution >= 0.6 is 7.37 Å². The van der Waals surface area contributed by atoms with E-state index in [9.17, 15) is 33.0 Å². The van der Waals surface area contributed by atoms with Gasteiger partial charge in [0.1, 0.15) is 29.8 Å². The van der Waals surface area contributed by atoms with Crippen molar-refractivity contribution >= 4 is 37.1 Å². The largest absolute Gasteiger partial charge is 0.368 e. The number of carbonyl (C=O) groups excluding carboxylic acids is 4. The fourth-order valence-electron chi connectivity index (χ4n) is 4.89. The molecule has 1 aliphatic carbocycles. The molecule has 10 nitrogen and oxygen atoms in total. The first-order valence-corrected chi connectivity index (χ1v) is 16.9. The van der Waals surface area contributed by atoms with Crippen molar-refractivity contribution in [1.29, 1.82) is 0 Å². The summed E-state index contributed by atoms with van der Waals surface area (Å²) in [6.07, 6.45) is 4.67. The van der Waals surface area contributed by atoms with Crippen molar-refractivity contribution in [2.75, 3.05) is 6.16 Å². The molecular formula is C34H38FN4O6P. The van der Waals surface area contributed by atoms with Crippen molar-refractivity contribution in [2.24, 2.45) is 11.7 Å². The fraction of sp³-hybridized carbons (Fsp3) is 0.294. The first-order chi connectivity index (χ1) is 22.0. The molecule has 0 heterocycles. The van der Waals surface area contributed by atoms with Crippen LogP contribution in [0.5, 0.6) is 0 Å². The molecule has 4 amide bonds. The van der Waals surface area contributed by atoms with Gasteiger partial charge in [-0.1, -0.05) is 91.7 Å². The maximum atomic E-state index is 13.8. The minimum absolute atomic E-state index is 0.0497. The minimum atomic E-state index is -4.46. The number of primary amides is 1. The standard InChI is InChI=1S/C34H38FN4O6P/c35-27-15-8-14-26(21-27)33(42)39-31(20-24-11-5-2-6-12-24)46(44,45)22-30(40)37-29(19-25-17-18-25)34(43)38-28(32(36)41)16-7-13-23-9-3-1-4-10-23/h1-15,21,25,28-29,31H,16-20,22H2,(H2,36,41)(H,37,40)(H,38,43)(H,39,42)(H,44,45)/t28-,29?,31?/m0/s1. The van der Waals surface area contributed by atoms with E-state index in [0.717, 1.165) is 24.5 Å². The van der Waals surface area contributed by atoms with Gasteiger partial charge in [0.05, 0.1) is 0 Å². The van der Waals surface area contributed by atoms with Crippen LogP contribution in [0, 0.1) is 11.7 Å². The second kappa shape index (κ2) is 16.1. The van der Waals surface area contributed by atoms with E-state index in [2.05, 4.69) is 16.0 Å². The van der Waals surface area contributed by atoms with E-state index in [1.165, 1.54) is 18.2 Å². The Morgan fingerprint density at radius 3 is 2.22 bits per heavy atom. The van der Waals surface area contributed by atoms with Gasteiger partial charge in [0.2, 0.25) is 25.1 Å². The molecule has 0 bridgehead atoms. The van der Waals surface area contributed by atoms with E-state index in [0.29, 0.717) is 5.56 Å². The van der Waals surface area contributed by atoms with Crippen LogP contribution in [0.4, 0.5) is 4.39 Å². The lowest BCUT2D eigenvalue weighted by Crippen LogP contribution is -2.53. The van der Waals surface area contributed by atoms with Crippen molar-refractivity contribution in [1.82, 2.24) is 16.0 Å². The first kappa shape index (κ1) is 34.3. The molecule has 3 aromatic carbocycles. The van der Waals surface area contributed by atoms with Crippen molar-refractivity contribution < 1.29 is 33.0 Å². The van der Waals surface area contributed by atoms with Crippen LogP contribution in [0.1, 0.15) is 47.2 Å². The van der Waals surface area contributed by atoms with Gasteiger partial charge >= 0.3 is 0 Å². The molecule has 0 aromatic heterocycles. The van der Waals surface area contributed by atoms with Gasteiger partial charge in [-0.2, -0.15) is 0 Å². The molecule has 1 saturated carbocycles. The molecule has 3 aromatic rings. The lowest BCUT2D eigenvalue weighted by Gasteiger charge is -2.26. The summed E-state index contributed by atoms with van der Waals surface area (Å²) in [6, 6.07) is 20.8. The van der Waals surface area contributed by atoms with E-state index in [-0.39, 0.29) is 30.7 Å².